The molecule has 9 heavy (non-hydrogen) atoms. The van der Waals surface area contributed by atoms with Crippen LogP contribution in [0.25, 0.3) is 0 Å². The Labute approximate surface area is 69.2 Å². The molecule has 1 unspecified atom stereocenters. The van der Waals surface area contributed by atoms with Crippen molar-refractivity contribution in [1.82, 2.24) is 0 Å². The first-order chi connectivity index (χ1) is 4.20. The molecule has 0 saturated carbocycles. The fraction of sp³-hybridized carbons (Fsp3) is 1.00. The SMILES string of the molecule is CCC(C)[O][Al]([Br])[CH2]C. The third-order valence-corrected chi connectivity index (χ3v) is 5.27. The molecule has 1 atom stereocenters. The van der Waals surface area contributed by atoms with E-state index < -0.39 is 12.7 Å². The molecule has 0 aromatic carbocycles. The summed E-state index contributed by atoms with van der Waals surface area (Å²) in [5, 5.41) is 1.17. The van der Waals surface area contributed by atoms with Crippen molar-refractivity contribution in [3.05, 3.63) is 0 Å². The van der Waals surface area contributed by atoms with E-state index in [-0.39, 0.29) is 0 Å². The van der Waals surface area contributed by atoms with Gasteiger partial charge in [0.05, 0.1) is 0 Å². The van der Waals surface area contributed by atoms with Gasteiger partial charge < -0.3 is 3.79 Å². The highest BCUT2D eigenvalue weighted by Gasteiger charge is 2.15. The van der Waals surface area contributed by atoms with Crippen molar-refractivity contribution >= 4 is 26.7 Å². The summed E-state index contributed by atoms with van der Waals surface area (Å²) in [7, 11) is 0. The first-order valence-electron chi connectivity index (χ1n) is 3.50. The second-order valence-electron chi connectivity index (χ2n) is 2.17. The van der Waals surface area contributed by atoms with Gasteiger partial charge in [-0.1, -0.05) is 19.1 Å². The van der Waals surface area contributed by atoms with Gasteiger partial charge in [0.2, 0.25) is 0 Å². The van der Waals surface area contributed by atoms with Gasteiger partial charge in [0.15, 0.2) is 0 Å². The lowest BCUT2D eigenvalue weighted by molar-refractivity contribution is 0.226. The third-order valence-electron chi connectivity index (χ3n) is 1.28. The van der Waals surface area contributed by atoms with E-state index >= 15 is 0 Å². The predicted octanol–water partition coefficient (Wildman–Crippen LogP) is 2.70. The number of rotatable bonds is 4. The van der Waals surface area contributed by atoms with Crippen LogP contribution in [0.2, 0.25) is 5.28 Å². The molecule has 0 saturated heterocycles. The highest BCUT2D eigenvalue weighted by molar-refractivity contribution is 9.24. The molecular formula is C6H14AlBrO. The average Bonchev–Trinajstić information content (AvgIpc) is 1.87. The summed E-state index contributed by atoms with van der Waals surface area (Å²) >= 11 is 2.59. The summed E-state index contributed by atoms with van der Waals surface area (Å²) in [6.45, 7) is 6.43. The van der Waals surface area contributed by atoms with Gasteiger partial charge in [-0.3, -0.25) is 0 Å². The van der Waals surface area contributed by atoms with E-state index in [2.05, 4.69) is 34.8 Å². The maximum atomic E-state index is 5.60. The van der Waals surface area contributed by atoms with Crippen LogP contribution in [0.3, 0.4) is 0 Å². The Morgan fingerprint density at radius 1 is 1.56 bits per heavy atom. The molecule has 0 aliphatic heterocycles. The van der Waals surface area contributed by atoms with E-state index in [1.54, 1.807) is 0 Å². The van der Waals surface area contributed by atoms with Gasteiger partial charge in [-0.15, -0.1) is 0 Å². The zero-order chi connectivity index (χ0) is 7.28. The lowest BCUT2D eigenvalue weighted by Gasteiger charge is -2.12. The monoisotopic (exact) mass is 208 g/mol. The van der Waals surface area contributed by atoms with Crippen LogP contribution in [-0.4, -0.2) is 18.8 Å². The second kappa shape index (κ2) is 5.73. The van der Waals surface area contributed by atoms with E-state index in [1.807, 2.05) is 0 Å². The summed E-state index contributed by atoms with van der Waals surface area (Å²) < 4.78 is 5.60. The van der Waals surface area contributed by atoms with E-state index in [1.165, 1.54) is 5.28 Å². The first-order valence-corrected chi connectivity index (χ1v) is 7.97. The Balaban J connectivity index is 3.22. The van der Waals surface area contributed by atoms with Crippen molar-refractivity contribution in [3.63, 3.8) is 0 Å². The summed E-state index contributed by atoms with van der Waals surface area (Å²) in [4.78, 5) is 0. The van der Waals surface area contributed by atoms with Gasteiger partial charge >= 0.3 is 12.7 Å². The quantitative estimate of drug-likeness (QED) is 0.646. The molecule has 0 aliphatic carbocycles. The third kappa shape index (κ3) is 5.42. The lowest BCUT2D eigenvalue weighted by atomic mass is 10.3. The van der Waals surface area contributed by atoms with E-state index in [0.717, 1.165) is 6.42 Å². The van der Waals surface area contributed by atoms with Crippen molar-refractivity contribution in [2.45, 2.75) is 38.6 Å². The molecule has 0 fully saturated rings. The Morgan fingerprint density at radius 3 is 2.44 bits per heavy atom. The Morgan fingerprint density at radius 2 is 2.11 bits per heavy atom. The topological polar surface area (TPSA) is 9.23 Å². The summed E-state index contributed by atoms with van der Waals surface area (Å²) in [6.07, 6.45) is 1.57. The van der Waals surface area contributed by atoms with Gasteiger partial charge in [0.25, 0.3) is 0 Å². The largest absolute Gasteiger partial charge is 0.556 e. The summed E-state index contributed by atoms with van der Waals surface area (Å²) in [6, 6.07) is 0. The van der Waals surface area contributed by atoms with Crippen LogP contribution in [-0.2, 0) is 3.79 Å². The zero-order valence-corrected chi connectivity index (χ0v) is 9.10. The van der Waals surface area contributed by atoms with Gasteiger partial charge in [-0.2, -0.15) is 14.1 Å². The number of hydrogen-bond acceptors (Lipinski definition) is 1. The standard InChI is InChI=1S/C4H9O.C2H5.Al.BrH/c1-3-4(2)5;1-2;;/h4H,3H2,1-2H3;1H2,2H3;;1H/q-1;;+2;/p-1. The molecule has 0 rings (SSSR count). The van der Waals surface area contributed by atoms with E-state index in [9.17, 15) is 0 Å². The van der Waals surface area contributed by atoms with Gasteiger partial charge in [-0.05, 0) is 13.3 Å². The molecule has 0 heterocycles. The minimum atomic E-state index is -0.944. The molecule has 0 aliphatic rings. The van der Waals surface area contributed by atoms with Crippen molar-refractivity contribution < 1.29 is 3.79 Å². The Bertz CT molecular complexity index is 62.1. The maximum absolute atomic E-state index is 5.60. The van der Waals surface area contributed by atoms with Crippen molar-refractivity contribution in [2.24, 2.45) is 0 Å². The molecule has 0 spiro atoms. The second-order valence-corrected chi connectivity index (χ2v) is 7.15. The highest BCUT2D eigenvalue weighted by atomic mass is 79.9. The zero-order valence-electron chi connectivity index (χ0n) is 6.36. The fourth-order valence-corrected chi connectivity index (χ4v) is 2.44. The minimum Gasteiger partial charge on any atom is -0.490 e. The van der Waals surface area contributed by atoms with Gasteiger partial charge in [-0.25, -0.2) is 0 Å². The van der Waals surface area contributed by atoms with Gasteiger partial charge in [0.1, 0.15) is 0 Å². The molecule has 54 valence electrons. The van der Waals surface area contributed by atoms with Crippen LogP contribution in [0.5, 0.6) is 0 Å². The molecule has 0 amide bonds. The normalized spacial score (nSPS) is 13.3. The van der Waals surface area contributed by atoms with Crippen molar-refractivity contribution in [2.75, 3.05) is 0 Å². The minimum absolute atomic E-state index is 0.445. The highest BCUT2D eigenvalue weighted by Crippen LogP contribution is 2.07. The van der Waals surface area contributed by atoms with Crippen molar-refractivity contribution in [1.29, 1.82) is 0 Å². The number of hydrogen-bond donors (Lipinski definition) is 0. The van der Waals surface area contributed by atoms with Crippen LogP contribution in [0, 0.1) is 0 Å². The molecule has 0 N–H and O–H groups in total. The van der Waals surface area contributed by atoms with Gasteiger partial charge in [0, 0.05) is 6.10 Å². The van der Waals surface area contributed by atoms with Crippen LogP contribution >= 0.6 is 14.1 Å². The molecule has 0 radical (unpaired) electrons. The Kier molecular flexibility index (Phi) is 6.35. The summed E-state index contributed by atoms with van der Waals surface area (Å²) in [5.74, 6) is 0. The molecule has 0 aromatic rings. The fourth-order valence-electron chi connectivity index (χ4n) is 0.445. The molecule has 3 heteroatoms. The Hall–Kier alpha value is 0.972. The summed E-state index contributed by atoms with van der Waals surface area (Å²) in [5.41, 5.74) is 0. The smallest absolute Gasteiger partial charge is 0.490 e. The molecule has 0 aromatic heterocycles. The molecular weight excluding hydrogens is 195 g/mol. The van der Waals surface area contributed by atoms with Crippen LogP contribution in [0.4, 0.5) is 0 Å². The maximum Gasteiger partial charge on any atom is 0.556 e. The van der Waals surface area contributed by atoms with Crippen LogP contribution in [0.1, 0.15) is 27.2 Å². The lowest BCUT2D eigenvalue weighted by Crippen LogP contribution is -2.16. The van der Waals surface area contributed by atoms with Crippen molar-refractivity contribution in [3.8, 4) is 0 Å². The number of halogens is 1. The predicted molar refractivity (Wildman–Crippen MR) is 46.0 cm³/mol. The van der Waals surface area contributed by atoms with Crippen LogP contribution < -0.4 is 0 Å². The molecule has 1 nitrogen and oxygen atoms in total. The average molecular weight is 209 g/mol. The van der Waals surface area contributed by atoms with E-state index in [4.69, 9.17) is 3.79 Å². The van der Waals surface area contributed by atoms with E-state index in [0.29, 0.717) is 6.10 Å². The van der Waals surface area contributed by atoms with Crippen LogP contribution in [0.15, 0.2) is 0 Å². The molecule has 0 bridgehead atoms. The first kappa shape index (κ1) is 9.97.